The molecule has 27 heavy (non-hydrogen) atoms. The van der Waals surface area contributed by atoms with Crippen LogP contribution >= 0.6 is 0 Å². The van der Waals surface area contributed by atoms with Crippen LogP contribution in [0.3, 0.4) is 0 Å². The Labute approximate surface area is 156 Å². The number of carbonyl (C=O) groups excluding carboxylic acids is 2. The molecule has 1 aliphatic heterocycles. The smallest absolute Gasteiger partial charge is 0.231 e. The lowest BCUT2D eigenvalue weighted by Gasteiger charge is -2.10. The number of ether oxygens (including phenoxy) is 3. The molecule has 2 amide bonds. The first-order valence-electron chi connectivity index (χ1n) is 8.76. The van der Waals surface area contributed by atoms with Crippen molar-refractivity contribution in [1.29, 1.82) is 0 Å². The van der Waals surface area contributed by atoms with E-state index in [1.165, 1.54) is 0 Å². The zero-order chi connectivity index (χ0) is 18.8. The van der Waals surface area contributed by atoms with E-state index < -0.39 is 0 Å². The molecule has 4 rings (SSSR count). The van der Waals surface area contributed by atoms with Gasteiger partial charge in [-0.1, -0.05) is 18.2 Å². The molecule has 7 heteroatoms. The van der Waals surface area contributed by atoms with Gasteiger partial charge in [-0.25, -0.2) is 0 Å². The van der Waals surface area contributed by atoms with Crippen LogP contribution in [0.4, 0.5) is 5.69 Å². The third kappa shape index (κ3) is 3.67. The SMILES string of the molecule is COc1ccccc1NC(=O)C1CC1C(=O)NCc1ccc2c(c1)OCO2. The molecular weight excluding hydrogens is 348 g/mol. The lowest BCUT2D eigenvalue weighted by molar-refractivity contribution is -0.125. The van der Waals surface area contributed by atoms with Crippen LogP contribution in [-0.2, 0) is 16.1 Å². The van der Waals surface area contributed by atoms with Crippen molar-refractivity contribution < 1.29 is 23.8 Å². The summed E-state index contributed by atoms with van der Waals surface area (Å²) in [5.74, 6) is 1.09. The van der Waals surface area contributed by atoms with Gasteiger partial charge < -0.3 is 24.8 Å². The summed E-state index contributed by atoms with van der Waals surface area (Å²) in [7, 11) is 1.55. The van der Waals surface area contributed by atoms with Crippen LogP contribution in [0.25, 0.3) is 0 Å². The predicted octanol–water partition coefficient (Wildman–Crippen LogP) is 2.31. The van der Waals surface area contributed by atoms with Crippen molar-refractivity contribution in [2.24, 2.45) is 11.8 Å². The van der Waals surface area contributed by atoms with Crippen LogP contribution < -0.4 is 24.8 Å². The Balaban J connectivity index is 1.29. The number of rotatable bonds is 6. The molecule has 1 fully saturated rings. The number of nitrogens with one attached hydrogen (secondary N) is 2. The molecule has 2 unspecified atom stereocenters. The molecule has 0 saturated heterocycles. The second-order valence-electron chi connectivity index (χ2n) is 6.54. The van der Waals surface area contributed by atoms with Crippen LogP contribution in [0.5, 0.6) is 17.2 Å². The molecule has 2 atom stereocenters. The number of para-hydroxylation sites is 2. The Bertz CT molecular complexity index is 882. The normalized spacial score (nSPS) is 19.3. The topological polar surface area (TPSA) is 85.9 Å². The van der Waals surface area contributed by atoms with Crippen LogP contribution in [0.1, 0.15) is 12.0 Å². The second kappa shape index (κ2) is 7.19. The van der Waals surface area contributed by atoms with Gasteiger partial charge in [-0.2, -0.15) is 0 Å². The minimum atomic E-state index is -0.313. The first kappa shape index (κ1) is 17.2. The van der Waals surface area contributed by atoms with Gasteiger partial charge in [0.25, 0.3) is 0 Å². The molecule has 2 aliphatic rings. The maximum Gasteiger partial charge on any atom is 0.231 e. The fraction of sp³-hybridized carbons (Fsp3) is 0.300. The van der Waals surface area contributed by atoms with E-state index >= 15 is 0 Å². The third-order valence-corrected chi connectivity index (χ3v) is 4.73. The fourth-order valence-electron chi connectivity index (χ4n) is 3.12. The maximum absolute atomic E-state index is 12.4. The summed E-state index contributed by atoms with van der Waals surface area (Å²) >= 11 is 0. The summed E-state index contributed by atoms with van der Waals surface area (Å²) < 4.78 is 15.8. The summed E-state index contributed by atoms with van der Waals surface area (Å²) in [6, 6.07) is 12.8. The molecule has 0 spiro atoms. The van der Waals surface area contributed by atoms with Crippen molar-refractivity contribution in [3.63, 3.8) is 0 Å². The zero-order valence-electron chi connectivity index (χ0n) is 14.9. The summed E-state index contributed by atoms with van der Waals surface area (Å²) in [5.41, 5.74) is 1.53. The lowest BCUT2D eigenvalue weighted by Crippen LogP contribution is -2.27. The van der Waals surface area contributed by atoms with E-state index in [4.69, 9.17) is 14.2 Å². The predicted molar refractivity (Wildman–Crippen MR) is 97.6 cm³/mol. The van der Waals surface area contributed by atoms with Gasteiger partial charge in [0.2, 0.25) is 18.6 Å². The standard InChI is InChI=1S/C20H20N2O5/c1-25-16-5-3-2-4-15(16)22-20(24)14-9-13(14)19(23)21-10-12-6-7-17-18(8-12)27-11-26-17/h2-8,13-14H,9-11H2,1H3,(H,21,23)(H,22,24). The Morgan fingerprint density at radius 1 is 1.07 bits per heavy atom. The molecule has 1 saturated carbocycles. The van der Waals surface area contributed by atoms with E-state index in [1.807, 2.05) is 30.3 Å². The quantitative estimate of drug-likeness (QED) is 0.817. The van der Waals surface area contributed by atoms with E-state index in [2.05, 4.69) is 10.6 Å². The fourth-order valence-corrected chi connectivity index (χ4v) is 3.12. The van der Waals surface area contributed by atoms with Gasteiger partial charge in [0, 0.05) is 6.54 Å². The Kier molecular flexibility index (Phi) is 4.58. The Morgan fingerprint density at radius 3 is 2.70 bits per heavy atom. The van der Waals surface area contributed by atoms with Crippen molar-refractivity contribution in [1.82, 2.24) is 5.32 Å². The van der Waals surface area contributed by atoms with Gasteiger partial charge in [0.05, 0.1) is 24.6 Å². The van der Waals surface area contributed by atoms with Crippen LogP contribution in [0.15, 0.2) is 42.5 Å². The maximum atomic E-state index is 12.4. The van der Waals surface area contributed by atoms with Gasteiger partial charge in [0.15, 0.2) is 11.5 Å². The number of fused-ring (bicyclic) bond motifs is 1. The molecule has 2 aromatic rings. The molecular formula is C20H20N2O5. The lowest BCUT2D eigenvalue weighted by atomic mass is 10.2. The number of hydrogen-bond acceptors (Lipinski definition) is 5. The summed E-state index contributed by atoms with van der Waals surface area (Å²) in [6.07, 6.45) is 0.550. The largest absolute Gasteiger partial charge is 0.495 e. The summed E-state index contributed by atoms with van der Waals surface area (Å²) in [5, 5.41) is 5.72. The molecule has 2 aromatic carbocycles. The van der Waals surface area contributed by atoms with Gasteiger partial charge in [-0.05, 0) is 36.2 Å². The van der Waals surface area contributed by atoms with E-state index in [-0.39, 0.29) is 30.4 Å². The molecule has 1 heterocycles. The van der Waals surface area contributed by atoms with Crippen molar-refractivity contribution in [2.75, 3.05) is 19.2 Å². The average molecular weight is 368 g/mol. The van der Waals surface area contributed by atoms with Gasteiger partial charge in [0.1, 0.15) is 5.75 Å². The highest BCUT2D eigenvalue weighted by molar-refractivity contribution is 6.00. The molecule has 0 bridgehead atoms. The average Bonchev–Trinajstić information content (AvgIpc) is 3.36. The van der Waals surface area contributed by atoms with Crippen LogP contribution in [-0.4, -0.2) is 25.7 Å². The Hall–Kier alpha value is -3.22. The first-order valence-corrected chi connectivity index (χ1v) is 8.76. The number of benzene rings is 2. The van der Waals surface area contributed by atoms with Gasteiger partial charge in [-0.15, -0.1) is 0 Å². The second-order valence-corrected chi connectivity index (χ2v) is 6.54. The number of methoxy groups -OCH3 is 1. The number of anilines is 1. The number of carbonyl (C=O) groups is 2. The van der Waals surface area contributed by atoms with Crippen molar-refractivity contribution in [3.8, 4) is 17.2 Å². The van der Waals surface area contributed by atoms with Crippen LogP contribution in [0, 0.1) is 11.8 Å². The van der Waals surface area contributed by atoms with E-state index in [0.717, 1.165) is 5.56 Å². The number of hydrogen-bond donors (Lipinski definition) is 2. The number of amides is 2. The van der Waals surface area contributed by atoms with E-state index in [9.17, 15) is 9.59 Å². The minimum absolute atomic E-state index is 0.118. The summed E-state index contributed by atoms with van der Waals surface area (Å²) in [4.78, 5) is 24.7. The molecule has 0 aromatic heterocycles. The first-order chi connectivity index (χ1) is 13.2. The highest BCUT2D eigenvalue weighted by Crippen LogP contribution is 2.40. The molecule has 0 radical (unpaired) electrons. The van der Waals surface area contributed by atoms with Crippen molar-refractivity contribution >= 4 is 17.5 Å². The van der Waals surface area contributed by atoms with Crippen molar-refractivity contribution in [3.05, 3.63) is 48.0 Å². The molecule has 1 aliphatic carbocycles. The molecule has 2 N–H and O–H groups in total. The molecule has 7 nitrogen and oxygen atoms in total. The molecule has 140 valence electrons. The highest BCUT2D eigenvalue weighted by Gasteiger charge is 2.48. The highest BCUT2D eigenvalue weighted by atomic mass is 16.7. The summed E-state index contributed by atoms with van der Waals surface area (Å²) in [6.45, 7) is 0.600. The van der Waals surface area contributed by atoms with Crippen molar-refractivity contribution in [2.45, 2.75) is 13.0 Å². The van der Waals surface area contributed by atoms with E-state index in [1.54, 1.807) is 19.2 Å². The monoisotopic (exact) mass is 368 g/mol. The Morgan fingerprint density at radius 2 is 1.85 bits per heavy atom. The van der Waals surface area contributed by atoms with E-state index in [0.29, 0.717) is 35.9 Å². The third-order valence-electron chi connectivity index (χ3n) is 4.73. The van der Waals surface area contributed by atoms with Gasteiger partial charge in [-0.3, -0.25) is 9.59 Å². The van der Waals surface area contributed by atoms with Crippen LogP contribution in [0.2, 0.25) is 0 Å². The zero-order valence-corrected chi connectivity index (χ0v) is 14.9. The minimum Gasteiger partial charge on any atom is -0.495 e. The van der Waals surface area contributed by atoms with Gasteiger partial charge >= 0.3 is 0 Å².